The van der Waals surface area contributed by atoms with Crippen LogP contribution in [0.1, 0.15) is 27.9 Å². The van der Waals surface area contributed by atoms with E-state index in [1.807, 2.05) is 54.6 Å². The van der Waals surface area contributed by atoms with Crippen molar-refractivity contribution in [2.24, 2.45) is 0 Å². The minimum absolute atomic E-state index is 0.264. The van der Waals surface area contributed by atoms with E-state index in [0.717, 1.165) is 15.4 Å². The van der Waals surface area contributed by atoms with Crippen molar-refractivity contribution in [2.45, 2.75) is 6.04 Å². The normalized spacial score (nSPS) is 12.2. The molecule has 0 saturated carbocycles. The molecule has 0 aliphatic carbocycles. The number of benzene rings is 2. The van der Waals surface area contributed by atoms with Crippen LogP contribution < -0.4 is 5.32 Å². The number of nitrogens with one attached hydrogen (secondary N) is 1. The van der Waals surface area contributed by atoms with E-state index >= 15 is 0 Å². The number of hydrogen-bond donors (Lipinski definition) is 1. The van der Waals surface area contributed by atoms with Gasteiger partial charge in [-0.3, -0.25) is 4.79 Å². The van der Waals surface area contributed by atoms with Crippen LogP contribution in [0.15, 0.2) is 86.3 Å². The Morgan fingerprint density at radius 3 is 2.60 bits per heavy atom. The number of furan rings is 2. The molecular weight excluding hydrogens is 382 g/mol. The van der Waals surface area contributed by atoms with Crippen LogP contribution in [-0.4, -0.2) is 5.91 Å². The lowest BCUT2D eigenvalue weighted by atomic mass is 10.0. The first-order valence-corrected chi connectivity index (χ1v) is 8.58. The molecule has 0 spiro atoms. The monoisotopic (exact) mass is 395 g/mol. The third kappa shape index (κ3) is 3.23. The molecule has 0 aliphatic rings. The van der Waals surface area contributed by atoms with Gasteiger partial charge in [-0.2, -0.15) is 0 Å². The Bertz CT molecular complexity index is 1010. The number of carbonyl (C=O) groups is 1. The summed E-state index contributed by atoms with van der Waals surface area (Å²) in [6, 6.07) is 20.3. The maximum Gasteiger partial charge on any atom is 0.287 e. The molecule has 4 rings (SSSR count). The third-order valence-electron chi connectivity index (χ3n) is 3.94. The lowest BCUT2D eigenvalue weighted by molar-refractivity contribution is 0.0913. The van der Waals surface area contributed by atoms with Gasteiger partial charge in [0.05, 0.1) is 6.26 Å². The largest absolute Gasteiger partial charge is 0.467 e. The van der Waals surface area contributed by atoms with E-state index in [9.17, 15) is 4.79 Å². The quantitative estimate of drug-likeness (QED) is 0.509. The molecule has 0 saturated heterocycles. The zero-order valence-corrected chi connectivity index (χ0v) is 14.7. The molecule has 124 valence electrons. The summed E-state index contributed by atoms with van der Waals surface area (Å²) in [4.78, 5) is 12.7. The first-order valence-electron chi connectivity index (χ1n) is 7.79. The molecule has 2 heterocycles. The van der Waals surface area contributed by atoms with Gasteiger partial charge in [0.15, 0.2) is 5.76 Å². The van der Waals surface area contributed by atoms with Crippen molar-refractivity contribution in [1.82, 2.24) is 5.32 Å². The second kappa shape index (κ2) is 6.61. The van der Waals surface area contributed by atoms with Crippen LogP contribution in [0.3, 0.4) is 0 Å². The maximum absolute atomic E-state index is 12.7. The molecule has 0 fully saturated rings. The van der Waals surface area contributed by atoms with Crippen molar-refractivity contribution in [3.63, 3.8) is 0 Å². The second-order valence-electron chi connectivity index (χ2n) is 5.63. The summed E-state index contributed by atoms with van der Waals surface area (Å²) in [5.74, 6) is 0.636. The summed E-state index contributed by atoms with van der Waals surface area (Å²) in [5.41, 5.74) is 1.60. The average molecular weight is 396 g/mol. The van der Waals surface area contributed by atoms with E-state index in [1.165, 1.54) is 0 Å². The van der Waals surface area contributed by atoms with Crippen molar-refractivity contribution in [2.75, 3.05) is 0 Å². The summed E-state index contributed by atoms with van der Waals surface area (Å²) >= 11 is 3.42. The molecule has 4 aromatic rings. The molecular formula is C20H14BrNO3. The van der Waals surface area contributed by atoms with E-state index in [-0.39, 0.29) is 17.7 Å². The van der Waals surface area contributed by atoms with E-state index in [0.29, 0.717) is 11.3 Å². The lowest BCUT2D eigenvalue weighted by Gasteiger charge is -2.16. The molecule has 1 N–H and O–H groups in total. The fourth-order valence-electron chi connectivity index (χ4n) is 2.75. The molecule has 0 aliphatic heterocycles. The van der Waals surface area contributed by atoms with Crippen LogP contribution in [0.4, 0.5) is 0 Å². The summed E-state index contributed by atoms with van der Waals surface area (Å²) < 4.78 is 12.1. The minimum atomic E-state index is -0.386. The van der Waals surface area contributed by atoms with Crippen LogP contribution in [0.25, 0.3) is 11.0 Å². The highest BCUT2D eigenvalue weighted by molar-refractivity contribution is 9.10. The molecule has 1 atom stereocenters. The van der Waals surface area contributed by atoms with Gasteiger partial charge >= 0.3 is 0 Å². The lowest BCUT2D eigenvalue weighted by Crippen LogP contribution is -2.28. The molecule has 2 aromatic carbocycles. The highest BCUT2D eigenvalue weighted by atomic mass is 79.9. The van der Waals surface area contributed by atoms with Gasteiger partial charge in [0.2, 0.25) is 0 Å². The van der Waals surface area contributed by atoms with Crippen LogP contribution >= 0.6 is 15.9 Å². The smallest absolute Gasteiger partial charge is 0.287 e. The predicted molar refractivity (Wildman–Crippen MR) is 98.4 cm³/mol. The van der Waals surface area contributed by atoms with Crippen molar-refractivity contribution in [1.29, 1.82) is 0 Å². The molecule has 1 amide bonds. The first kappa shape index (κ1) is 15.7. The molecule has 1 unspecified atom stereocenters. The summed E-state index contributed by atoms with van der Waals surface area (Å²) in [7, 11) is 0. The number of carbonyl (C=O) groups excluding carboxylic acids is 1. The number of rotatable bonds is 4. The average Bonchev–Trinajstić information content (AvgIpc) is 3.29. The van der Waals surface area contributed by atoms with Gasteiger partial charge in [0.25, 0.3) is 5.91 Å². The highest BCUT2D eigenvalue weighted by Gasteiger charge is 2.22. The molecule has 0 bridgehead atoms. The van der Waals surface area contributed by atoms with Gasteiger partial charge in [-0.15, -0.1) is 0 Å². The second-order valence-corrected chi connectivity index (χ2v) is 6.54. The summed E-state index contributed by atoms with van der Waals surface area (Å²) in [6.07, 6.45) is 1.59. The van der Waals surface area contributed by atoms with Gasteiger partial charge in [-0.25, -0.2) is 0 Å². The van der Waals surface area contributed by atoms with Gasteiger partial charge in [-0.1, -0.05) is 46.3 Å². The molecule has 4 nitrogen and oxygen atoms in total. The van der Waals surface area contributed by atoms with Crippen LogP contribution in [-0.2, 0) is 0 Å². The standard InChI is InChI=1S/C20H14BrNO3/c21-15-8-9-16-14(11-15)12-18(25-16)20(23)22-19(17-7-4-10-24-17)13-5-2-1-3-6-13/h1-12,19H,(H,22,23). The Morgan fingerprint density at radius 2 is 1.84 bits per heavy atom. The number of amides is 1. The number of halogens is 1. The maximum atomic E-state index is 12.7. The highest BCUT2D eigenvalue weighted by Crippen LogP contribution is 2.26. The minimum Gasteiger partial charge on any atom is -0.467 e. The Balaban J connectivity index is 1.66. The van der Waals surface area contributed by atoms with E-state index < -0.39 is 0 Å². The molecule has 0 radical (unpaired) electrons. The fraction of sp³-hybridized carbons (Fsp3) is 0.0500. The van der Waals surface area contributed by atoms with Gasteiger partial charge in [0.1, 0.15) is 17.4 Å². The zero-order valence-electron chi connectivity index (χ0n) is 13.1. The summed E-state index contributed by atoms with van der Waals surface area (Å²) in [6.45, 7) is 0. The van der Waals surface area contributed by atoms with Crippen molar-refractivity contribution >= 4 is 32.8 Å². The fourth-order valence-corrected chi connectivity index (χ4v) is 3.13. The van der Waals surface area contributed by atoms with Crippen LogP contribution in [0, 0.1) is 0 Å². The summed E-state index contributed by atoms with van der Waals surface area (Å²) in [5, 5.41) is 3.86. The van der Waals surface area contributed by atoms with Gasteiger partial charge in [-0.05, 0) is 42.0 Å². The third-order valence-corrected chi connectivity index (χ3v) is 4.43. The Labute approximate surface area is 152 Å². The molecule has 5 heteroatoms. The van der Waals surface area contributed by atoms with Gasteiger partial charge < -0.3 is 14.2 Å². The Morgan fingerprint density at radius 1 is 1.00 bits per heavy atom. The van der Waals surface area contributed by atoms with Gasteiger partial charge in [0, 0.05) is 9.86 Å². The number of hydrogen-bond acceptors (Lipinski definition) is 3. The predicted octanol–water partition coefficient (Wildman–Crippen LogP) is 5.31. The van der Waals surface area contributed by atoms with E-state index in [4.69, 9.17) is 8.83 Å². The molecule has 25 heavy (non-hydrogen) atoms. The van der Waals surface area contributed by atoms with Crippen molar-refractivity contribution in [3.8, 4) is 0 Å². The first-order chi connectivity index (χ1) is 12.2. The number of fused-ring (bicyclic) bond motifs is 1. The van der Waals surface area contributed by atoms with E-state index in [1.54, 1.807) is 18.4 Å². The van der Waals surface area contributed by atoms with Crippen molar-refractivity contribution < 1.29 is 13.6 Å². The van der Waals surface area contributed by atoms with Crippen molar-refractivity contribution in [3.05, 3.63) is 94.5 Å². The molecule has 2 aromatic heterocycles. The topological polar surface area (TPSA) is 55.4 Å². The van der Waals surface area contributed by atoms with E-state index in [2.05, 4.69) is 21.2 Å². The van der Waals surface area contributed by atoms with Crippen LogP contribution in [0.2, 0.25) is 0 Å². The Hall–Kier alpha value is -2.79. The Kier molecular flexibility index (Phi) is 4.15. The van der Waals surface area contributed by atoms with Crippen LogP contribution in [0.5, 0.6) is 0 Å². The SMILES string of the molecule is O=C(NC(c1ccccc1)c1ccco1)c1cc2cc(Br)ccc2o1. The zero-order chi connectivity index (χ0) is 17.2.